The molecule has 0 spiro atoms. The van der Waals surface area contributed by atoms with Crippen molar-refractivity contribution in [1.29, 1.82) is 0 Å². The normalized spacial score (nSPS) is 20.6. The number of rotatable bonds is 4. The topological polar surface area (TPSA) is 75.0 Å². The summed E-state index contributed by atoms with van der Waals surface area (Å²) < 4.78 is 26.1. The molecule has 1 aromatic heterocycles. The molecular formula is C27H30FN3O4. The maximum atomic E-state index is 13.5. The Morgan fingerprint density at radius 2 is 1.97 bits per heavy atom. The van der Waals surface area contributed by atoms with E-state index < -0.39 is 0 Å². The highest BCUT2D eigenvalue weighted by atomic mass is 19.1. The van der Waals surface area contributed by atoms with Gasteiger partial charge in [0.1, 0.15) is 17.2 Å². The molecule has 3 heterocycles. The second-order valence-electron chi connectivity index (χ2n) is 9.38. The second-order valence-corrected chi connectivity index (χ2v) is 9.38. The third-order valence-electron chi connectivity index (χ3n) is 6.97. The Morgan fingerprint density at radius 3 is 2.69 bits per heavy atom. The van der Waals surface area contributed by atoms with E-state index >= 15 is 0 Å². The lowest BCUT2D eigenvalue weighted by atomic mass is 10.00. The first kappa shape index (κ1) is 23.4. The number of hydrogen-bond acceptors (Lipinski definition) is 5. The van der Waals surface area contributed by atoms with E-state index in [9.17, 15) is 14.0 Å². The number of amides is 2. The zero-order valence-corrected chi connectivity index (χ0v) is 20.3. The quantitative estimate of drug-likeness (QED) is 0.596. The zero-order chi connectivity index (χ0) is 24.7. The van der Waals surface area contributed by atoms with Gasteiger partial charge in [-0.05, 0) is 50.1 Å². The predicted molar refractivity (Wildman–Crippen MR) is 132 cm³/mol. The highest BCUT2D eigenvalue weighted by molar-refractivity contribution is 6.11. The van der Waals surface area contributed by atoms with Crippen molar-refractivity contribution >= 4 is 28.5 Å². The SMILES string of the molecule is CNC(=O)c1c(-c2ccc(F)cc2)oc2cc3c(cc12)[C@H](C)O[C@H](CN1CCCCC1=O)CN3C. The molecule has 8 heteroatoms. The summed E-state index contributed by atoms with van der Waals surface area (Å²) in [7, 11) is 3.58. The lowest BCUT2D eigenvalue weighted by Gasteiger charge is -2.32. The fourth-order valence-corrected chi connectivity index (χ4v) is 5.17. The lowest BCUT2D eigenvalue weighted by Crippen LogP contribution is -2.44. The fourth-order valence-electron chi connectivity index (χ4n) is 5.17. The number of anilines is 1. The van der Waals surface area contributed by atoms with Crippen molar-refractivity contribution in [3.63, 3.8) is 0 Å². The minimum absolute atomic E-state index is 0.135. The number of hydrogen-bond donors (Lipinski definition) is 1. The van der Waals surface area contributed by atoms with Crippen LogP contribution in [0.2, 0.25) is 0 Å². The molecular weight excluding hydrogens is 449 g/mol. The average molecular weight is 480 g/mol. The van der Waals surface area contributed by atoms with Gasteiger partial charge in [-0.3, -0.25) is 9.59 Å². The van der Waals surface area contributed by atoms with Crippen molar-refractivity contribution in [3.8, 4) is 11.3 Å². The smallest absolute Gasteiger partial charge is 0.255 e. The van der Waals surface area contributed by atoms with Crippen LogP contribution in [0, 0.1) is 5.82 Å². The summed E-state index contributed by atoms with van der Waals surface area (Å²) in [6.07, 6.45) is 2.21. The van der Waals surface area contributed by atoms with Gasteiger partial charge in [-0.25, -0.2) is 4.39 Å². The summed E-state index contributed by atoms with van der Waals surface area (Å²) in [5, 5.41) is 3.37. The Kier molecular flexibility index (Phi) is 6.23. The fraction of sp³-hybridized carbons (Fsp3) is 0.407. The first-order valence-corrected chi connectivity index (χ1v) is 12.1. The van der Waals surface area contributed by atoms with Gasteiger partial charge in [0.05, 0.1) is 17.8 Å². The molecule has 5 rings (SSSR count). The third kappa shape index (κ3) is 4.38. The van der Waals surface area contributed by atoms with Crippen LogP contribution in [-0.2, 0) is 9.53 Å². The first-order valence-electron chi connectivity index (χ1n) is 12.1. The van der Waals surface area contributed by atoms with Crippen LogP contribution >= 0.6 is 0 Å². The molecule has 0 aliphatic carbocycles. The molecule has 2 amide bonds. The van der Waals surface area contributed by atoms with Gasteiger partial charge in [0.2, 0.25) is 5.91 Å². The number of nitrogens with one attached hydrogen (secondary N) is 1. The first-order chi connectivity index (χ1) is 16.9. The van der Waals surface area contributed by atoms with Crippen molar-refractivity contribution < 1.29 is 23.1 Å². The molecule has 184 valence electrons. The molecule has 1 saturated heterocycles. The summed E-state index contributed by atoms with van der Waals surface area (Å²) in [6, 6.07) is 9.81. The minimum Gasteiger partial charge on any atom is -0.455 e. The van der Waals surface area contributed by atoms with E-state index in [0.29, 0.717) is 47.4 Å². The number of carbonyl (C=O) groups is 2. The van der Waals surface area contributed by atoms with Gasteiger partial charge in [0.15, 0.2) is 0 Å². The molecule has 1 fully saturated rings. The number of carbonyl (C=O) groups excluding carboxylic acids is 2. The predicted octanol–water partition coefficient (Wildman–Crippen LogP) is 4.51. The number of benzene rings is 2. The molecule has 0 unspecified atom stereocenters. The van der Waals surface area contributed by atoms with E-state index in [1.165, 1.54) is 12.1 Å². The maximum absolute atomic E-state index is 13.5. The standard InChI is InChI=1S/C27H30FN3O4/c1-16-20-12-21-23(35-26(25(21)27(33)29-2)17-7-9-18(28)10-8-17)13-22(20)30(3)14-19(34-16)15-31-11-5-4-6-24(31)32/h7-10,12-13,16,19H,4-6,11,14-15H2,1-3H3,(H,29,33)/t16-,19-/m0/s1. The van der Waals surface area contributed by atoms with Crippen molar-refractivity contribution in [2.24, 2.45) is 0 Å². The highest BCUT2D eigenvalue weighted by Gasteiger charge is 2.31. The number of likely N-dealkylation sites (tertiary alicyclic amines) is 1. The molecule has 3 aromatic rings. The Morgan fingerprint density at radius 1 is 1.20 bits per heavy atom. The van der Waals surface area contributed by atoms with Gasteiger partial charge >= 0.3 is 0 Å². The summed E-state index contributed by atoms with van der Waals surface area (Å²) in [4.78, 5) is 29.3. The Labute approximate surface area is 203 Å². The van der Waals surface area contributed by atoms with Crippen molar-refractivity contribution in [2.75, 3.05) is 38.6 Å². The number of fused-ring (bicyclic) bond motifs is 2. The molecule has 2 aliphatic heterocycles. The van der Waals surface area contributed by atoms with Crippen LogP contribution in [0.4, 0.5) is 10.1 Å². The number of nitrogens with zero attached hydrogens (tertiary/aromatic N) is 2. The van der Waals surface area contributed by atoms with Crippen molar-refractivity contribution in [3.05, 3.63) is 53.3 Å². The Balaban J connectivity index is 1.54. The number of piperidine rings is 1. The molecule has 35 heavy (non-hydrogen) atoms. The van der Waals surface area contributed by atoms with E-state index in [2.05, 4.69) is 10.2 Å². The van der Waals surface area contributed by atoms with E-state index in [4.69, 9.17) is 9.15 Å². The van der Waals surface area contributed by atoms with Crippen LogP contribution in [0.1, 0.15) is 48.2 Å². The molecule has 0 bridgehead atoms. The lowest BCUT2D eigenvalue weighted by molar-refractivity contribution is -0.136. The van der Waals surface area contributed by atoms with Gasteiger partial charge in [0, 0.05) is 68.4 Å². The number of likely N-dealkylation sites (N-methyl/N-ethyl adjacent to an activating group) is 1. The van der Waals surface area contributed by atoms with Crippen LogP contribution in [0.25, 0.3) is 22.3 Å². The zero-order valence-electron chi connectivity index (χ0n) is 20.3. The monoisotopic (exact) mass is 479 g/mol. The highest BCUT2D eigenvalue weighted by Crippen LogP contribution is 2.41. The summed E-state index contributed by atoms with van der Waals surface area (Å²) in [5.74, 6) is -0.0401. The molecule has 2 aliphatic rings. The van der Waals surface area contributed by atoms with E-state index in [1.54, 1.807) is 19.2 Å². The van der Waals surface area contributed by atoms with Gasteiger partial charge in [-0.15, -0.1) is 0 Å². The van der Waals surface area contributed by atoms with Crippen LogP contribution < -0.4 is 10.2 Å². The molecule has 7 nitrogen and oxygen atoms in total. The maximum Gasteiger partial charge on any atom is 0.255 e. The molecule has 1 N–H and O–H groups in total. The number of furan rings is 1. The summed E-state index contributed by atoms with van der Waals surface area (Å²) >= 11 is 0. The van der Waals surface area contributed by atoms with Crippen molar-refractivity contribution in [2.45, 2.75) is 38.4 Å². The molecule has 0 radical (unpaired) electrons. The van der Waals surface area contributed by atoms with Gasteiger partial charge < -0.3 is 24.3 Å². The summed E-state index contributed by atoms with van der Waals surface area (Å²) in [6.45, 7) is 3.96. The Bertz CT molecular complexity index is 1270. The number of halogens is 1. The molecule has 0 saturated carbocycles. The van der Waals surface area contributed by atoms with Gasteiger partial charge in [0.25, 0.3) is 5.91 Å². The van der Waals surface area contributed by atoms with Crippen LogP contribution in [0.3, 0.4) is 0 Å². The van der Waals surface area contributed by atoms with E-state index in [0.717, 1.165) is 30.6 Å². The third-order valence-corrected chi connectivity index (χ3v) is 6.97. The Hall–Kier alpha value is -3.39. The molecule has 2 aromatic carbocycles. The van der Waals surface area contributed by atoms with Crippen LogP contribution in [0.15, 0.2) is 40.8 Å². The average Bonchev–Trinajstić information content (AvgIpc) is 3.17. The van der Waals surface area contributed by atoms with Gasteiger partial charge in [-0.2, -0.15) is 0 Å². The van der Waals surface area contributed by atoms with E-state index in [-0.39, 0.29) is 29.8 Å². The largest absolute Gasteiger partial charge is 0.455 e. The van der Waals surface area contributed by atoms with Crippen LogP contribution in [0.5, 0.6) is 0 Å². The molecule has 2 atom stereocenters. The minimum atomic E-state index is -0.355. The van der Waals surface area contributed by atoms with Gasteiger partial charge in [-0.1, -0.05) is 0 Å². The number of ether oxygens (including phenoxy) is 1. The van der Waals surface area contributed by atoms with Crippen LogP contribution in [-0.4, -0.2) is 56.5 Å². The van der Waals surface area contributed by atoms with Crippen molar-refractivity contribution in [1.82, 2.24) is 10.2 Å². The summed E-state index contributed by atoms with van der Waals surface area (Å²) in [5.41, 5.74) is 3.52. The van der Waals surface area contributed by atoms with E-state index in [1.807, 2.05) is 31.0 Å². The second kappa shape index (κ2) is 9.34.